The van der Waals surface area contributed by atoms with E-state index in [-0.39, 0.29) is 13.0 Å². The van der Waals surface area contributed by atoms with Crippen LogP contribution in [0.25, 0.3) is 5.00 Å². The van der Waals surface area contributed by atoms with Gasteiger partial charge in [-0.05, 0) is 43.7 Å². The lowest BCUT2D eigenvalue weighted by Gasteiger charge is -2.12. The molecule has 4 aromatic rings. The summed E-state index contributed by atoms with van der Waals surface area (Å²) in [5, 5.41) is 32.2. The van der Waals surface area contributed by atoms with Gasteiger partial charge >= 0.3 is 5.97 Å². The van der Waals surface area contributed by atoms with Gasteiger partial charge in [0.15, 0.2) is 5.82 Å². The van der Waals surface area contributed by atoms with Crippen LogP contribution < -0.4 is 5.32 Å². The Morgan fingerprint density at radius 1 is 1.06 bits per heavy atom. The number of hydrogen-bond acceptors (Lipinski definition) is 7. The van der Waals surface area contributed by atoms with E-state index in [4.69, 9.17) is 4.99 Å². The van der Waals surface area contributed by atoms with Crippen molar-refractivity contribution in [3.05, 3.63) is 87.8 Å². The summed E-state index contributed by atoms with van der Waals surface area (Å²) in [7, 11) is 0. The molecule has 0 aliphatic carbocycles. The van der Waals surface area contributed by atoms with Gasteiger partial charge in [0.25, 0.3) is 0 Å². The maximum absolute atomic E-state index is 11.7. The van der Waals surface area contributed by atoms with Gasteiger partial charge in [-0.1, -0.05) is 30.3 Å². The number of aliphatic imine (C=N–C) groups is 1. The minimum absolute atomic E-state index is 0.0915. The number of carbonyl (C=O) groups is 1. The summed E-state index contributed by atoms with van der Waals surface area (Å²) < 4.78 is 1.88. The lowest BCUT2D eigenvalue weighted by atomic mass is 9.99. The number of hydrogen-bond donors (Lipinski definition) is 3. The molecular formula is C25H23N5O3S. The van der Waals surface area contributed by atoms with Crippen molar-refractivity contribution in [2.24, 2.45) is 4.99 Å². The van der Waals surface area contributed by atoms with Gasteiger partial charge in [0.05, 0.1) is 18.7 Å². The Labute approximate surface area is 200 Å². The van der Waals surface area contributed by atoms with Gasteiger partial charge in [-0.25, -0.2) is 0 Å². The first kappa shape index (κ1) is 22.0. The summed E-state index contributed by atoms with van der Waals surface area (Å²) in [6.45, 7) is 3.70. The third-order valence-electron chi connectivity index (χ3n) is 5.83. The zero-order valence-electron chi connectivity index (χ0n) is 18.7. The second-order valence-corrected chi connectivity index (χ2v) is 9.17. The maximum atomic E-state index is 11.7. The number of para-hydroxylation sites is 1. The van der Waals surface area contributed by atoms with E-state index in [1.54, 1.807) is 0 Å². The number of fused-ring (bicyclic) bond motifs is 3. The molecule has 9 heteroatoms. The zero-order valence-corrected chi connectivity index (χ0v) is 19.5. The quantitative estimate of drug-likeness (QED) is 0.379. The molecule has 3 N–H and O–H groups in total. The lowest BCUT2D eigenvalue weighted by molar-refractivity contribution is -0.137. The highest BCUT2D eigenvalue weighted by molar-refractivity contribution is 7.15. The fourth-order valence-corrected chi connectivity index (χ4v) is 5.40. The summed E-state index contributed by atoms with van der Waals surface area (Å²) in [5.41, 5.74) is 5.25. The van der Waals surface area contributed by atoms with E-state index in [9.17, 15) is 15.0 Å². The second-order valence-electron chi connectivity index (χ2n) is 8.09. The summed E-state index contributed by atoms with van der Waals surface area (Å²) in [4.78, 5) is 17.4. The Balaban J connectivity index is 1.64. The van der Waals surface area contributed by atoms with Crippen LogP contribution in [0.1, 0.15) is 45.7 Å². The van der Waals surface area contributed by atoms with Gasteiger partial charge < -0.3 is 15.5 Å². The average molecular weight is 474 g/mol. The van der Waals surface area contributed by atoms with Crippen LogP contribution in [0.5, 0.6) is 0 Å². The third kappa shape index (κ3) is 3.89. The van der Waals surface area contributed by atoms with E-state index in [0.717, 1.165) is 37.9 Å². The van der Waals surface area contributed by atoms with E-state index in [1.807, 2.05) is 73.0 Å². The number of nitrogens with one attached hydrogen (secondary N) is 1. The molecule has 0 unspecified atom stereocenters. The number of aryl methyl sites for hydroxylation is 1. The highest BCUT2D eigenvalue weighted by Crippen LogP contribution is 2.40. The van der Waals surface area contributed by atoms with Gasteiger partial charge in [-0.3, -0.25) is 14.4 Å². The molecule has 34 heavy (non-hydrogen) atoms. The molecule has 1 atom stereocenters. The zero-order chi connectivity index (χ0) is 23.8. The van der Waals surface area contributed by atoms with E-state index in [0.29, 0.717) is 17.4 Å². The molecule has 5 rings (SSSR count). The number of aliphatic hydroxyl groups is 1. The first-order valence-corrected chi connectivity index (χ1v) is 11.7. The smallest absolute Gasteiger partial charge is 0.306 e. The molecule has 0 bridgehead atoms. The monoisotopic (exact) mass is 473 g/mol. The molecule has 0 radical (unpaired) electrons. The third-order valence-corrected chi connectivity index (χ3v) is 7.09. The van der Waals surface area contributed by atoms with Gasteiger partial charge in [0.2, 0.25) is 0 Å². The first-order valence-electron chi connectivity index (χ1n) is 10.8. The highest BCUT2D eigenvalue weighted by Gasteiger charge is 2.32. The Morgan fingerprint density at radius 2 is 1.76 bits per heavy atom. The average Bonchev–Trinajstić information content (AvgIpc) is 3.32. The van der Waals surface area contributed by atoms with Crippen LogP contribution in [-0.4, -0.2) is 36.7 Å². The Hall–Kier alpha value is -3.82. The highest BCUT2D eigenvalue weighted by atomic mass is 32.1. The molecular weight excluding hydrogens is 450 g/mol. The van der Waals surface area contributed by atoms with Crippen molar-refractivity contribution in [1.82, 2.24) is 14.8 Å². The topological polar surface area (TPSA) is 113 Å². The number of rotatable bonds is 6. The van der Waals surface area contributed by atoms with E-state index in [2.05, 4.69) is 15.5 Å². The fourth-order valence-electron chi connectivity index (χ4n) is 4.18. The predicted octanol–water partition coefficient (Wildman–Crippen LogP) is 4.55. The summed E-state index contributed by atoms with van der Waals surface area (Å²) in [5.74, 6) is 0.182. The molecule has 0 spiro atoms. The number of nitrogens with zero attached hydrogens (tertiary/aromatic N) is 4. The Bertz CT molecular complexity index is 1390. The molecule has 0 saturated heterocycles. The molecule has 0 fully saturated rings. The fraction of sp³-hybridized carbons (Fsp3) is 0.200. The number of thiophene rings is 1. The molecule has 8 nitrogen and oxygen atoms in total. The van der Waals surface area contributed by atoms with Crippen LogP contribution in [0.3, 0.4) is 0 Å². The molecule has 1 aliphatic heterocycles. The van der Waals surface area contributed by atoms with Crippen molar-refractivity contribution >= 4 is 34.4 Å². The number of aliphatic carboxylic acids is 1. The summed E-state index contributed by atoms with van der Waals surface area (Å²) in [6, 6.07) is 17.1. The molecule has 0 amide bonds. The minimum Gasteiger partial charge on any atom is -0.481 e. The van der Waals surface area contributed by atoms with Crippen molar-refractivity contribution < 1.29 is 15.0 Å². The standard InChI is InChI=1S/C25H23N5O3S/c1-14-20(13-31)34-25-22(14)23(27-19(12-21(32)33)24-29-28-15(2)30(24)25)16-8-10-18(11-9-16)26-17-6-4-3-5-7-17/h3-11,19,26,31H,12-13H2,1-2H3,(H,32,33)/t19-/m0/s1. The number of carboxylic acids is 1. The lowest BCUT2D eigenvalue weighted by Crippen LogP contribution is -2.10. The van der Waals surface area contributed by atoms with Crippen LogP contribution in [0.2, 0.25) is 0 Å². The van der Waals surface area contributed by atoms with Gasteiger partial charge in [0.1, 0.15) is 16.9 Å². The number of anilines is 2. The number of aliphatic hydroxyl groups excluding tert-OH is 1. The van der Waals surface area contributed by atoms with Gasteiger partial charge in [0, 0.05) is 27.4 Å². The largest absolute Gasteiger partial charge is 0.481 e. The molecule has 172 valence electrons. The van der Waals surface area contributed by atoms with E-state index >= 15 is 0 Å². The van der Waals surface area contributed by atoms with Crippen LogP contribution in [-0.2, 0) is 11.4 Å². The Morgan fingerprint density at radius 3 is 2.44 bits per heavy atom. The second kappa shape index (κ2) is 8.85. The molecule has 2 aromatic carbocycles. The van der Waals surface area contributed by atoms with Crippen LogP contribution in [0.4, 0.5) is 11.4 Å². The molecule has 2 aromatic heterocycles. The van der Waals surface area contributed by atoms with Crippen molar-refractivity contribution in [2.45, 2.75) is 32.9 Å². The predicted molar refractivity (Wildman–Crippen MR) is 131 cm³/mol. The van der Waals surface area contributed by atoms with Gasteiger partial charge in [-0.2, -0.15) is 0 Å². The molecule has 0 saturated carbocycles. The van der Waals surface area contributed by atoms with Crippen molar-refractivity contribution in [3.8, 4) is 5.00 Å². The van der Waals surface area contributed by atoms with Crippen molar-refractivity contribution in [2.75, 3.05) is 5.32 Å². The van der Waals surface area contributed by atoms with Crippen molar-refractivity contribution in [1.29, 1.82) is 0 Å². The van der Waals surface area contributed by atoms with Crippen LogP contribution in [0, 0.1) is 13.8 Å². The number of carboxylic acid groups (broad SMARTS) is 1. The van der Waals surface area contributed by atoms with E-state index in [1.165, 1.54) is 11.3 Å². The first-order chi connectivity index (χ1) is 16.5. The van der Waals surface area contributed by atoms with E-state index < -0.39 is 12.0 Å². The minimum atomic E-state index is -0.958. The molecule has 1 aliphatic rings. The molecule has 3 heterocycles. The normalized spacial score (nSPS) is 14.7. The van der Waals surface area contributed by atoms with Crippen LogP contribution in [0.15, 0.2) is 59.6 Å². The summed E-state index contributed by atoms with van der Waals surface area (Å²) in [6.07, 6.45) is -0.198. The summed E-state index contributed by atoms with van der Waals surface area (Å²) >= 11 is 1.45. The Kier molecular flexibility index (Phi) is 5.72. The number of aromatic nitrogens is 3. The maximum Gasteiger partial charge on any atom is 0.306 e. The van der Waals surface area contributed by atoms with Gasteiger partial charge in [-0.15, -0.1) is 21.5 Å². The van der Waals surface area contributed by atoms with Crippen LogP contribution >= 0.6 is 11.3 Å². The number of benzene rings is 2. The SMILES string of the molecule is Cc1c(CO)sc2c1C(c1ccc(Nc3ccccc3)cc1)=N[C@@H](CC(=O)O)c1nnc(C)n1-2. The van der Waals surface area contributed by atoms with Crippen molar-refractivity contribution in [3.63, 3.8) is 0 Å².